The van der Waals surface area contributed by atoms with Gasteiger partial charge in [-0.1, -0.05) is 37.3 Å². The van der Waals surface area contributed by atoms with Gasteiger partial charge < -0.3 is 14.8 Å². The molecule has 0 unspecified atom stereocenters. The smallest absolute Gasteiger partial charge is 0.175 e. The van der Waals surface area contributed by atoms with Gasteiger partial charge in [0, 0.05) is 6.54 Å². The zero-order valence-corrected chi connectivity index (χ0v) is 16.6. The lowest BCUT2D eigenvalue weighted by Crippen LogP contribution is -2.14. The lowest BCUT2D eigenvalue weighted by Gasteiger charge is -2.16. The fourth-order valence-corrected chi connectivity index (χ4v) is 2.87. The first-order valence-electron chi connectivity index (χ1n) is 8.07. The van der Waals surface area contributed by atoms with Crippen molar-refractivity contribution in [3.05, 3.63) is 58.1 Å². The molecule has 0 heterocycles. The Morgan fingerprint density at radius 2 is 1.75 bits per heavy atom. The van der Waals surface area contributed by atoms with E-state index in [0.717, 1.165) is 41.0 Å². The van der Waals surface area contributed by atoms with Crippen molar-refractivity contribution >= 4 is 28.3 Å². The van der Waals surface area contributed by atoms with Crippen LogP contribution >= 0.6 is 28.3 Å². The predicted molar refractivity (Wildman–Crippen MR) is 105 cm³/mol. The molecule has 0 amide bonds. The maximum atomic E-state index is 5.99. The maximum Gasteiger partial charge on any atom is 0.175 e. The third kappa shape index (κ3) is 6.34. The van der Waals surface area contributed by atoms with E-state index in [9.17, 15) is 0 Å². The van der Waals surface area contributed by atoms with Crippen molar-refractivity contribution < 1.29 is 9.47 Å². The van der Waals surface area contributed by atoms with Crippen LogP contribution in [-0.2, 0) is 13.2 Å². The second-order valence-corrected chi connectivity index (χ2v) is 6.14. The molecule has 2 aromatic carbocycles. The zero-order chi connectivity index (χ0) is 16.5. The molecule has 0 radical (unpaired) electrons. The molecule has 0 spiro atoms. The molecule has 0 fully saturated rings. The summed E-state index contributed by atoms with van der Waals surface area (Å²) in [7, 11) is 0. The lowest BCUT2D eigenvalue weighted by atomic mass is 10.2. The zero-order valence-electron chi connectivity index (χ0n) is 14.2. The van der Waals surface area contributed by atoms with Gasteiger partial charge in [-0.05, 0) is 59.1 Å². The molecule has 0 saturated heterocycles. The van der Waals surface area contributed by atoms with Gasteiger partial charge in [0.1, 0.15) is 6.61 Å². The molecule has 132 valence electrons. The molecule has 0 aromatic heterocycles. The number of hydrogen-bond donors (Lipinski definition) is 1. The van der Waals surface area contributed by atoms with Crippen LogP contribution in [0.5, 0.6) is 11.5 Å². The summed E-state index contributed by atoms with van der Waals surface area (Å²) in [6, 6.07) is 14.3. The third-order valence-electron chi connectivity index (χ3n) is 3.35. The fourth-order valence-electron chi connectivity index (χ4n) is 2.27. The molecule has 0 bridgehead atoms. The Hall–Kier alpha value is -1.23. The lowest BCUT2D eigenvalue weighted by molar-refractivity contribution is 0.267. The van der Waals surface area contributed by atoms with Gasteiger partial charge in [0.25, 0.3) is 0 Å². The summed E-state index contributed by atoms with van der Waals surface area (Å²) in [5.41, 5.74) is 2.32. The molecule has 3 nitrogen and oxygen atoms in total. The third-order valence-corrected chi connectivity index (χ3v) is 3.94. The van der Waals surface area contributed by atoms with Gasteiger partial charge in [-0.2, -0.15) is 0 Å². The summed E-state index contributed by atoms with van der Waals surface area (Å²) in [5, 5.41) is 3.41. The van der Waals surface area contributed by atoms with Gasteiger partial charge in [-0.3, -0.25) is 0 Å². The number of halogens is 2. The summed E-state index contributed by atoms with van der Waals surface area (Å²) in [6.45, 7) is 7.11. The SMILES string of the molecule is CCCNCc1cc(Br)c(OCc2ccccc2)c(OCC)c1.Cl. The molecular weight excluding hydrogens is 390 g/mol. The van der Waals surface area contributed by atoms with Gasteiger partial charge >= 0.3 is 0 Å². The highest BCUT2D eigenvalue weighted by atomic mass is 79.9. The van der Waals surface area contributed by atoms with E-state index in [-0.39, 0.29) is 12.4 Å². The molecule has 2 rings (SSSR count). The summed E-state index contributed by atoms with van der Waals surface area (Å²) >= 11 is 3.62. The Bertz CT molecular complexity index is 608. The summed E-state index contributed by atoms with van der Waals surface area (Å²) in [4.78, 5) is 0. The van der Waals surface area contributed by atoms with Gasteiger partial charge in [0.05, 0.1) is 11.1 Å². The van der Waals surface area contributed by atoms with Gasteiger partial charge in [-0.25, -0.2) is 0 Å². The van der Waals surface area contributed by atoms with Crippen molar-refractivity contribution in [2.24, 2.45) is 0 Å². The minimum atomic E-state index is 0. The highest BCUT2D eigenvalue weighted by Crippen LogP contribution is 2.37. The van der Waals surface area contributed by atoms with Crippen molar-refractivity contribution in [3.63, 3.8) is 0 Å². The number of benzene rings is 2. The minimum Gasteiger partial charge on any atom is -0.490 e. The Morgan fingerprint density at radius 3 is 2.42 bits per heavy atom. The molecule has 0 saturated carbocycles. The van der Waals surface area contributed by atoms with E-state index in [4.69, 9.17) is 9.47 Å². The molecule has 2 aromatic rings. The molecule has 1 N–H and O–H groups in total. The Labute approximate surface area is 159 Å². The molecule has 0 aliphatic heterocycles. The highest BCUT2D eigenvalue weighted by Gasteiger charge is 2.12. The van der Waals surface area contributed by atoms with Crippen LogP contribution in [0.25, 0.3) is 0 Å². The van der Waals surface area contributed by atoms with E-state index in [1.807, 2.05) is 25.1 Å². The van der Waals surface area contributed by atoms with Crippen LogP contribution in [0.3, 0.4) is 0 Å². The van der Waals surface area contributed by atoms with Crippen molar-refractivity contribution in [2.45, 2.75) is 33.4 Å². The maximum absolute atomic E-state index is 5.99. The molecule has 0 atom stereocenters. The van der Waals surface area contributed by atoms with Crippen LogP contribution in [0.1, 0.15) is 31.4 Å². The van der Waals surface area contributed by atoms with Crippen molar-refractivity contribution in [1.82, 2.24) is 5.32 Å². The largest absolute Gasteiger partial charge is 0.490 e. The van der Waals surface area contributed by atoms with Gasteiger partial charge in [-0.15, -0.1) is 12.4 Å². The second-order valence-electron chi connectivity index (χ2n) is 5.29. The molecule has 0 aliphatic rings. The number of ether oxygens (including phenoxy) is 2. The van der Waals surface area contributed by atoms with Crippen molar-refractivity contribution in [2.75, 3.05) is 13.2 Å². The monoisotopic (exact) mass is 413 g/mol. The van der Waals surface area contributed by atoms with Crippen LogP contribution in [0, 0.1) is 0 Å². The number of nitrogens with one attached hydrogen (secondary N) is 1. The van der Waals surface area contributed by atoms with Crippen LogP contribution in [0.15, 0.2) is 46.9 Å². The topological polar surface area (TPSA) is 30.5 Å². The Balaban J connectivity index is 0.00000288. The van der Waals surface area contributed by atoms with Gasteiger partial charge in [0.15, 0.2) is 11.5 Å². The van der Waals surface area contributed by atoms with Crippen molar-refractivity contribution in [3.8, 4) is 11.5 Å². The minimum absolute atomic E-state index is 0. The normalized spacial score (nSPS) is 10.1. The summed E-state index contributed by atoms with van der Waals surface area (Å²) in [6.07, 6.45) is 1.12. The molecule has 0 aliphatic carbocycles. The van der Waals surface area contributed by atoms with E-state index >= 15 is 0 Å². The molecule has 24 heavy (non-hydrogen) atoms. The Kier molecular flexibility index (Phi) is 9.84. The standard InChI is InChI=1S/C19H24BrNO2.ClH/c1-3-10-21-13-16-11-17(20)19(18(12-16)22-4-2)23-14-15-8-6-5-7-9-15;/h5-9,11-12,21H,3-4,10,13-14H2,1-2H3;1H. The average Bonchev–Trinajstić information content (AvgIpc) is 2.55. The van der Waals surface area contributed by atoms with Gasteiger partial charge in [0.2, 0.25) is 0 Å². The van der Waals surface area contributed by atoms with Crippen LogP contribution in [0.2, 0.25) is 0 Å². The second kappa shape index (κ2) is 11.3. The molecular formula is C19H25BrClNO2. The first-order valence-corrected chi connectivity index (χ1v) is 8.86. The number of hydrogen-bond acceptors (Lipinski definition) is 3. The highest BCUT2D eigenvalue weighted by molar-refractivity contribution is 9.10. The summed E-state index contributed by atoms with van der Waals surface area (Å²) in [5.74, 6) is 1.54. The predicted octanol–water partition coefficient (Wildman–Crippen LogP) is 5.35. The van der Waals surface area contributed by atoms with Crippen LogP contribution in [-0.4, -0.2) is 13.2 Å². The van der Waals surface area contributed by atoms with Crippen molar-refractivity contribution in [1.29, 1.82) is 0 Å². The van der Waals surface area contributed by atoms with E-state index in [2.05, 4.69) is 52.4 Å². The number of rotatable bonds is 9. The van der Waals surface area contributed by atoms with E-state index in [1.165, 1.54) is 5.56 Å². The fraction of sp³-hybridized carbons (Fsp3) is 0.368. The Morgan fingerprint density at radius 1 is 1.00 bits per heavy atom. The first-order chi connectivity index (χ1) is 11.2. The first kappa shape index (κ1) is 20.8. The molecule has 5 heteroatoms. The van der Waals surface area contributed by atoms with Crippen LogP contribution < -0.4 is 14.8 Å². The average molecular weight is 415 g/mol. The summed E-state index contributed by atoms with van der Waals surface area (Å²) < 4.78 is 12.7. The van der Waals surface area contributed by atoms with E-state index < -0.39 is 0 Å². The quantitative estimate of drug-likeness (QED) is 0.561. The van der Waals surface area contributed by atoms with Crippen LogP contribution in [0.4, 0.5) is 0 Å². The van der Waals surface area contributed by atoms with E-state index in [1.54, 1.807) is 0 Å². The van der Waals surface area contributed by atoms with E-state index in [0.29, 0.717) is 13.2 Å².